The van der Waals surface area contributed by atoms with E-state index in [9.17, 15) is 18.4 Å². The SMILES string of the molecule is CCCCCN(C)C(=O)c1cc(F)c(F)cc1C(=O)O. The number of aromatic carboxylic acids is 1. The van der Waals surface area contributed by atoms with Crippen LogP contribution in [0.5, 0.6) is 0 Å². The summed E-state index contributed by atoms with van der Waals surface area (Å²) in [6, 6.07) is 1.17. The molecule has 0 saturated heterocycles. The highest BCUT2D eigenvalue weighted by Gasteiger charge is 2.22. The zero-order valence-electron chi connectivity index (χ0n) is 11.4. The summed E-state index contributed by atoms with van der Waals surface area (Å²) in [5.41, 5.74) is -0.869. The molecule has 0 saturated carbocycles. The fourth-order valence-electron chi connectivity index (χ4n) is 1.81. The molecule has 0 fully saturated rings. The van der Waals surface area contributed by atoms with Crippen LogP contribution in [-0.4, -0.2) is 35.5 Å². The Balaban J connectivity index is 3.02. The number of carboxylic acid groups (broad SMARTS) is 1. The average Bonchev–Trinajstić information content (AvgIpc) is 2.40. The van der Waals surface area contributed by atoms with Crippen LogP contribution in [0.15, 0.2) is 12.1 Å². The third-order valence-electron chi connectivity index (χ3n) is 2.97. The third kappa shape index (κ3) is 3.76. The summed E-state index contributed by atoms with van der Waals surface area (Å²) in [4.78, 5) is 24.4. The van der Waals surface area contributed by atoms with Gasteiger partial charge in [-0.05, 0) is 18.6 Å². The highest BCUT2D eigenvalue weighted by atomic mass is 19.2. The fourth-order valence-corrected chi connectivity index (χ4v) is 1.81. The average molecular weight is 285 g/mol. The first kappa shape index (κ1) is 16.1. The van der Waals surface area contributed by atoms with Gasteiger partial charge in [0.15, 0.2) is 11.6 Å². The molecule has 6 heteroatoms. The van der Waals surface area contributed by atoms with E-state index in [4.69, 9.17) is 5.11 Å². The maximum atomic E-state index is 13.2. The number of amides is 1. The van der Waals surface area contributed by atoms with Crippen LogP contribution in [0.2, 0.25) is 0 Å². The lowest BCUT2D eigenvalue weighted by Crippen LogP contribution is -2.29. The van der Waals surface area contributed by atoms with Gasteiger partial charge in [-0.2, -0.15) is 0 Å². The molecule has 0 spiro atoms. The fraction of sp³-hybridized carbons (Fsp3) is 0.429. The van der Waals surface area contributed by atoms with Gasteiger partial charge in [0.1, 0.15) is 0 Å². The van der Waals surface area contributed by atoms with Gasteiger partial charge < -0.3 is 10.0 Å². The maximum Gasteiger partial charge on any atom is 0.336 e. The van der Waals surface area contributed by atoms with Crippen molar-refractivity contribution in [3.8, 4) is 0 Å². The summed E-state index contributed by atoms with van der Waals surface area (Å²) in [5, 5.41) is 8.97. The molecule has 4 nitrogen and oxygen atoms in total. The Bertz CT molecular complexity index is 517. The largest absolute Gasteiger partial charge is 0.478 e. The summed E-state index contributed by atoms with van der Waals surface area (Å²) in [6.07, 6.45) is 2.68. The molecule has 1 rings (SSSR count). The standard InChI is InChI=1S/C14H17F2NO3/c1-3-4-5-6-17(2)13(18)9-7-11(15)12(16)8-10(9)14(19)20/h7-8H,3-6H2,1-2H3,(H,19,20). The molecule has 0 aliphatic heterocycles. The number of carbonyl (C=O) groups is 2. The molecule has 0 aliphatic carbocycles. The smallest absolute Gasteiger partial charge is 0.336 e. The number of rotatable bonds is 6. The Morgan fingerprint density at radius 2 is 1.70 bits per heavy atom. The van der Waals surface area contributed by atoms with Crippen molar-refractivity contribution in [1.82, 2.24) is 4.90 Å². The molecule has 1 N–H and O–H groups in total. The van der Waals surface area contributed by atoms with Gasteiger partial charge in [0.05, 0.1) is 11.1 Å². The molecular formula is C14H17F2NO3. The lowest BCUT2D eigenvalue weighted by atomic mass is 10.1. The molecule has 0 heterocycles. The second-order valence-corrected chi connectivity index (χ2v) is 4.55. The van der Waals surface area contributed by atoms with Gasteiger partial charge in [0, 0.05) is 13.6 Å². The summed E-state index contributed by atoms with van der Waals surface area (Å²) in [5.74, 6) is -4.61. The van der Waals surface area contributed by atoms with E-state index in [-0.39, 0.29) is 5.56 Å². The van der Waals surface area contributed by atoms with Crippen LogP contribution in [0.1, 0.15) is 46.9 Å². The minimum absolute atomic E-state index is 0.338. The molecule has 0 unspecified atom stereocenters. The zero-order chi connectivity index (χ0) is 15.3. The van der Waals surface area contributed by atoms with E-state index in [0.717, 1.165) is 19.3 Å². The van der Waals surface area contributed by atoms with Crippen LogP contribution in [0.25, 0.3) is 0 Å². The highest BCUT2D eigenvalue weighted by molar-refractivity contribution is 6.04. The molecule has 1 aromatic carbocycles. The first-order chi connectivity index (χ1) is 9.38. The summed E-state index contributed by atoms with van der Waals surface area (Å²) >= 11 is 0. The summed E-state index contributed by atoms with van der Waals surface area (Å²) in [6.45, 7) is 2.45. The Kier molecular flexibility index (Phi) is 5.61. The van der Waals surface area contributed by atoms with Crippen LogP contribution in [0.3, 0.4) is 0 Å². The topological polar surface area (TPSA) is 57.6 Å². The lowest BCUT2D eigenvalue weighted by molar-refractivity contribution is 0.0680. The first-order valence-corrected chi connectivity index (χ1v) is 6.36. The number of nitrogens with zero attached hydrogens (tertiary/aromatic N) is 1. The zero-order valence-corrected chi connectivity index (χ0v) is 11.4. The minimum atomic E-state index is -1.46. The Morgan fingerprint density at radius 1 is 1.15 bits per heavy atom. The molecule has 0 atom stereocenters. The van der Waals surface area contributed by atoms with Crippen molar-refractivity contribution in [3.63, 3.8) is 0 Å². The monoisotopic (exact) mass is 285 g/mol. The third-order valence-corrected chi connectivity index (χ3v) is 2.97. The van der Waals surface area contributed by atoms with Gasteiger partial charge in [-0.1, -0.05) is 19.8 Å². The van der Waals surface area contributed by atoms with Gasteiger partial charge in [0.25, 0.3) is 5.91 Å². The Hall–Kier alpha value is -1.98. The highest BCUT2D eigenvalue weighted by Crippen LogP contribution is 2.17. The van der Waals surface area contributed by atoms with Crippen molar-refractivity contribution in [2.24, 2.45) is 0 Å². The van der Waals surface area contributed by atoms with E-state index >= 15 is 0 Å². The molecule has 1 amide bonds. The van der Waals surface area contributed by atoms with Crippen molar-refractivity contribution < 1.29 is 23.5 Å². The van der Waals surface area contributed by atoms with Crippen LogP contribution in [0, 0.1) is 11.6 Å². The lowest BCUT2D eigenvalue weighted by Gasteiger charge is -2.18. The van der Waals surface area contributed by atoms with Gasteiger partial charge in [0.2, 0.25) is 0 Å². The van der Waals surface area contributed by atoms with E-state index in [1.165, 1.54) is 11.9 Å². The van der Waals surface area contributed by atoms with Crippen LogP contribution >= 0.6 is 0 Å². The number of unbranched alkanes of at least 4 members (excludes halogenated alkanes) is 2. The van der Waals surface area contributed by atoms with Gasteiger partial charge >= 0.3 is 5.97 Å². The number of carboxylic acids is 1. The predicted molar refractivity (Wildman–Crippen MR) is 69.8 cm³/mol. The number of hydrogen-bond donors (Lipinski definition) is 1. The van der Waals surface area contributed by atoms with E-state index < -0.39 is 29.1 Å². The molecular weight excluding hydrogens is 268 g/mol. The predicted octanol–water partition coefficient (Wildman–Crippen LogP) is 2.93. The molecule has 0 bridgehead atoms. The molecule has 0 aliphatic rings. The second kappa shape index (κ2) is 6.98. The maximum absolute atomic E-state index is 13.2. The first-order valence-electron chi connectivity index (χ1n) is 6.36. The van der Waals surface area contributed by atoms with E-state index in [2.05, 4.69) is 0 Å². The van der Waals surface area contributed by atoms with Gasteiger partial charge in [-0.25, -0.2) is 13.6 Å². The molecule has 110 valence electrons. The van der Waals surface area contributed by atoms with E-state index in [1.54, 1.807) is 0 Å². The second-order valence-electron chi connectivity index (χ2n) is 4.55. The van der Waals surface area contributed by atoms with E-state index in [0.29, 0.717) is 18.7 Å². The summed E-state index contributed by atoms with van der Waals surface area (Å²) < 4.78 is 26.3. The van der Waals surface area contributed by atoms with Crippen LogP contribution in [0.4, 0.5) is 8.78 Å². The number of benzene rings is 1. The van der Waals surface area contributed by atoms with Gasteiger partial charge in [-0.15, -0.1) is 0 Å². The van der Waals surface area contributed by atoms with Crippen molar-refractivity contribution in [2.45, 2.75) is 26.2 Å². The Labute approximate surface area is 116 Å². The van der Waals surface area contributed by atoms with Crippen LogP contribution < -0.4 is 0 Å². The number of halogens is 2. The molecule has 1 aromatic rings. The van der Waals surface area contributed by atoms with Gasteiger partial charge in [-0.3, -0.25) is 4.79 Å². The quantitative estimate of drug-likeness (QED) is 0.818. The van der Waals surface area contributed by atoms with E-state index in [1.807, 2.05) is 6.92 Å². The Morgan fingerprint density at radius 3 is 2.20 bits per heavy atom. The van der Waals surface area contributed by atoms with Crippen molar-refractivity contribution in [3.05, 3.63) is 34.9 Å². The molecule has 20 heavy (non-hydrogen) atoms. The molecule has 0 aromatic heterocycles. The normalized spacial score (nSPS) is 10.4. The van der Waals surface area contributed by atoms with Crippen molar-refractivity contribution in [2.75, 3.05) is 13.6 Å². The number of carbonyl (C=O) groups excluding carboxylic acids is 1. The summed E-state index contributed by atoms with van der Waals surface area (Å²) in [7, 11) is 1.50. The molecule has 0 radical (unpaired) electrons. The van der Waals surface area contributed by atoms with Crippen LogP contribution in [-0.2, 0) is 0 Å². The van der Waals surface area contributed by atoms with Crippen molar-refractivity contribution >= 4 is 11.9 Å². The van der Waals surface area contributed by atoms with Crippen molar-refractivity contribution in [1.29, 1.82) is 0 Å². The number of hydrogen-bond acceptors (Lipinski definition) is 2. The minimum Gasteiger partial charge on any atom is -0.478 e.